The van der Waals surface area contributed by atoms with Crippen LogP contribution in [-0.4, -0.2) is 96.4 Å². The molecule has 2 saturated heterocycles. The molecule has 6 nitrogen and oxygen atoms in total. The van der Waals surface area contributed by atoms with Crippen LogP contribution in [0.5, 0.6) is 0 Å². The summed E-state index contributed by atoms with van der Waals surface area (Å²) >= 11 is 0. The van der Waals surface area contributed by atoms with Crippen molar-refractivity contribution >= 4 is 11.8 Å². The molecule has 0 saturated carbocycles. The zero-order valence-electron chi connectivity index (χ0n) is 18.4. The molecule has 0 aliphatic carbocycles. The van der Waals surface area contributed by atoms with Crippen LogP contribution < -0.4 is 0 Å². The highest BCUT2D eigenvalue weighted by Gasteiger charge is 2.37. The molecule has 2 heterocycles. The van der Waals surface area contributed by atoms with E-state index in [1.807, 2.05) is 60.9 Å². The molecule has 0 spiro atoms. The Labute approximate surface area is 175 Å². The molecule has 1 atom stereocenters. The number of amides is 2. The summed E-state index contributed by atoms with van der Waals surface area (Å²) in [5.74, 6) is 0.392. The summed E-state index contributed by atoms with van der Waals surface area (Å²) in [7, 11) is 0. The number of nitrogens with zero attached hydrogens (tertiary/aromatic N) is 4. The van der Waals surface area contributed by atoms with E-state index in [2.05, 4.69) is 16.7 Å². The minimum atomic E-state index is -0.538. The quantitative estimate of drug-likeness (QED) is 0.754. The highest BCUT2D eigenvalue weighted by atomic mass is 16.2. The molecule has 0 bridgehead atoms. The molecule has 3 rings (SSSR count). The Bertz CT molecular complexity index is 690. The number of hydrogen-bond donors (Lipinski definition) is 0. The summed E-state index contributed by atoms with van der Waals surface area (Å²) in [4.78, 5) is 34.7. The molecule has 2 aliphatic rings. The van der Waals surface area contributed by atoms with Crippen molar-refractivity contribution in [2.24, 2.45) is 0 Å². The van der Waals surface area contributed by atoms with Gasteiger partial charge in [0, 0.05) is 52.4 Å². The van der Waals surface area contributed by atoms with Crippen molar-refractivity contribution in [1.29, 1.82) is 0 Å². The number of likely N-dealkylation sites (N-methyl/N-ethyl adjacent to an activating group) is 1. The highest BCUT2D eigenvalue weighted by molar-refractivity contribution is 5.87. The second-order valence-electron chi connectivity index (χ2n) is 8.75. The minimum Gasteiger partial charge on any atom is -0.339 e. The molecule has 2 aliphatic heterocycles. The van der Waals surface area contributed by atoms with Crippen LogP contribution in [0.2, 0.25) is 0 Å². The molecule has 160 valence electrons. The van der Waals surface area contributed by atoms with E-state index in [9.17, 15) is 9.59 Å². The minimum absolute atomic E-state index is 0.123. The predicted octanol–water partition coefficient (Wildman–Crippen LogP) is 1.66. The van der Waals surface area contributed by atoms with Crippen LogP contribution in [0.3, 0.4) is 0 Å². The van der Waals surface area contributed by atoms with E-state index in [0.29, 0.717) is 13.1 Å². The Morgan fingerprint density at radius 2 is 1.45 bits per heavy atom. The van der Waals surface area contributed by atoms with Gasteiger partial charge in [-0.1, -0.05) is 37.3 Å². The third kappa shape index (κ3) is 4.81. The van der Waals surface area contributed by atoms with Gasteiger partial charge in [0.1, 0.15) is 0 Å². The number of carbonyl (C=O) groups is 2. The lowest BCUT2D eigenvalue weighted by Gasteiger charge is -2.42. The highest BCUT2D eigenvalue weighted by Crippen LogP contribution is 2.26. The second-order valence-corrected chi connectivity index (χ2v) is 8.75. The first-order valence-corrected chi connectivity index (χ1v) is 10.9. The van der Waals surface area contributed by atoms with Crippen molar-refractivity contribution in [3.8, 4) is 0 Å². The third-order valence-corrected chi connectivity index (χ3v) is 6.67. The zero-order chi connectivity index (χ0) is 21.0. The van der Waals surface area contributed by atoms with Gasteiger partial charge in [0.15, 0.2) is 0 Å². The average molecular weight is 401 g/mol. The molecule has 0 aromatic heterocycles. The van der Waals surface area contributed by atoms with Crippen LogP contribution in [0, 0.1) is 0 Å². The molecule has 0 N–H and O–H groups in total. The molecule has 0 radical (unpaired) electrons. The number of benzene rings is 1. The summed E-state index contributed by atoms with van der Waals surface area (Å²) in [6.45, 7) is 15.6. The Morgan fingerprint density at radius 1 is 0.897 bits per heavy atom. The van der Waals surface area contributed by atoms with E-state index in [-0.39, 0.29) is 17.9 Å². The Balaban J connectivity index is 1.53. The van der Waals surface area contributed by atoms with Gasteiger partial charge in [0.2, 0.25) is 11.8 Å². The SMILES string of the molecule is CCN1CCN(C(=O)C(C)N2CCN(C(=O)C(C)(C)c3ccccc3)CC2)CC1. The third-order valence-electron chi connectivity index (χ3n) is 6.67. The van der Waals surface area contributed by atoms with E-state index < -0.39 is 5.41 Å². The number of piperazine rings is 2. The van der Waals surface area contributed by atoms with Crippen molar-refractivity contribution in [2.45, 2.75) is 39.2 Å². The van der Waals surface area contributed by atoms with Crippen LogP contribution in [0.15, 0.2) is 30.3 Å². The summed E-state index contributed by atoms with van der Waals surface area (Å²) in [5.41, 5.74) is 0.506. The van der Waals surface area contributed by atoms with Crippen LogP contribution in [-0.2, 0) is 15.0 Å². The Hall–Kier alpha value is -1.92. The van der Waals surface area contributed by atoms with Gasteiger partial charge in [-0.15, -0.1) is 0 Å². The molecule has 2 amide bonds. The first-order chi connectivity index (χ1) is 13.8. The molecule has 29 heavy (non-hydrogen) atoms. The van der Waals surface area contributed by atoms with E-state index >= 15 is 0 Å². The van der Waals surface area contributed by atoms with Gasteiger partial charge in [-0.25, -0.2) is 0 Å². The van der Waals surface area contributed by atoms with Crippen LogP contribution in [0.1, 0.15) is 33.3 Å². The monoisotopic (exact) mass is 400 g/mol. The molecular formula is C23H36N4O2. The maximum atomic E-state index is 13.2. The Morgan fingerprint density at radius 3 is 2.00 bits per heavy atom. The van der Waals surface area contributed by atoms with E-state index in [1.165, 1.54) is 0 Å². The van der Waals surface area contributed by atoms with Gasteiger partial charge in [-0.3, -0.25) is 14.5 Å². The van der Waals surface area contributed by atoms with Crippen molar-refractivity contribution in [2.75, 3.05) is 58.9 Å². The van der Waals surface area contributed by atoms with Gasteiger partial charge >= 0.3 is 0 Å². The molecule has 1 aromatic rings. The lowest BCUT2D eigenvalue weighted by atomic mass is 9.83. The first-order valence-electron chi connectivity index (χ1n) is 10.9. The molecule has 2 fully saturated rings. The van der Waals surface area contributed by atoms with Crippen LogP contribution in [0.4, 0.5) is 0 Å². The summed E-state index contributed by atoms with van der Waals surface area (Å²) in [5, 5.41) is 0. The van der Waals surface area contributed by atoms with E-state index in [4.69, 9.17) is 0 Å². The number of hydrogen-bond acceptors (Lipinski definition) is 4. The standard InChI is InChI=1S/C23H36N4O2/c1-5-24-11-13-26(14-12-24)21(28)19(2)25-15-17-27(18-16-25)22(29)23(3,4)20-9-7-6-8-10-20/h6-10,19H,5,11-18H2,1-4H3. The van der Waals surface area contributed by atoms with Gasteiger partial charge in [0.05, 0.1) is 11.5 Å². The predicted molar refractivity (Wildman–Crippen MR) is 116 cm³/mol. The maximum Gasteiger partial charge on any atom is 0.239 e. The summed E-state index contributed by atoms with van der Waals surface area (Å²) < 4.78 is 0. The van der Waals surface area contributed by atoms with Crippen LogP contribution >= 0.6 is 0 Å². The van der Waals surface area contributed by atoms with Gasteiger partial charge in [-0.2, -0.15) is 0 Å². The van der Waals surface area contributed by atoms with E-state index in [0.717, 1.165) is 51.4 Å². The summed E-state index contributed by atoms with van der Waals surface area (Å²) in [6, 6.07) is 9.86. The maximum absolute atomic E-state index is 13.2. The van der Waals surface area contributed by atoms with Crippen molar-refractivity contribution in [1.82, 2.24) is 19.6 Å². The largest absolute Gasteiger partial charge is 0.339 e. The van der Waals surface area contributed by atoms with Gasteiger partial charge in [-0.05, 0) is 32.9 Å². The zero-order valence-corrected chi connectivity index (χ0v) is 18.4. The molecule has 1 unspecified atom stereocenters. The van der Waals surface area contributed by atoms with Crippen molar-refractivity contribution < 1.29 is 9.59 Å². The first kappa shape index (κ1) is 21.8. The molecule has 1 aromatic carbocycles. The fourth-order valence-electron chi connectivity index (χ4n) is 4.39. The lowest BCUT2D eigenvalue weighted by Crippen LogP contribution is -2.59. The van der Waals surface area contributed by atoms with E-state index in [1.54, 1.807) is 0 Å². The van der Waals surface area contributed by atoms with Gasteiger partial charge < -0.3 is 14.7 Å². The fourth-order valence-corrected chi connectivity index (χ4v) is 4.39. The van der Waals surface area contributed by atoms with Crippen molar-refractivity contribution in [3.63, 3.8) is 0 Å². The average Bonchev–Trinajstić information content (AvgIpc) is 2.78. The lowest BCUT2D eigenvalue weighted by molar-refractivity contribution is -0.141. The number of carbonyl (C=O) groups excluding carboxylic acids is 2. The molecule has 6 heteroatoms. The van der Waals surface area contributed by atoms with Crippen molar-refractivity contribution in [3.05, 3.63) is 35.9 Å². The second kappa shape index (κ2) is 9.26. The van der Waals surface area contributed by atoms with Crippen LogP contribution in [0.25, 0.3) is 0 Å². The fraction of sp³-hybridized carbons (Fsp3) is 0.652. The number of rotatable bonds is 5. The topological polar surface area (TPSA) is 47.1 Å². The van der Waals surface area contributed by atoms with Gasteiger partial charge in [0.25, 0.3) is 0 Å². The Kier molecular flexibility index (Phi) is 6.96. The normalized spacial score (nSPS) is 20.6. The smallest absolute Gasteiger partial charge is 0.239 e. The summed E-state index contributed by atoms with van der Waals surface area (Å²) in [6.07, 6.45) is 0. The molecular weight excluding hydrogens is 364 g/mol.